The average Bonchev–Trinajstić information content (AvgIpc) is 2.04. The quantitative estimate of drug-likeness (QED) is 0.684. The molecule has 0 unspecified atom stereocenters. The van der Waals surface area contributed by atoms with Crippen LogP contribution >= 0.6 is 27.5 Å². The van der Waals surface area contributed by atoms with Gasteiger partial charge in [-0.15, -0.1) is 0 Å². The van der Waals surface area contributed by atoms with Crippen LogP contribution in [0.5, 0.6) is 0 Å². The van der Waals surface area contributed by atoms with Gasteiger partial charge in [-0.25, -0.2) is 0 Å². The van der Waals surface area contributed by atoms with Gasteiger partial charge in [0.25, 0.3) is 0 Å². The summed E-state index contributed by atoms with van der Waals surface area (Å²) >= 11 is 9.39. The van der Waals surface area contributed by atoms with E-state index in [2.05, 4.69) is 15.9 Å². The van der Waals surface area contributed by atoms with E-state index in [4.69, 9.17) is 16.3 Å². The van der Waals surface area contributed by atoms with E-state index in [-0.39, 0.29) is 0 Å². The minimum Gasteiger partial charge on any atom is -0.376 e. The standard InChI is InChI=1S/C9H8BrClO/c10-9-4-7(11)3-6-5-12-2-1-8(6)9/h3-4H,1-2,5H2. The van der Waals surface area contributed by atoms with Crippen molar-refractivity contribution in [3.05, 3.63) is 32.8 Å². The van der Waals surface area contributed by atoms with Crippen LogP contribution in [-0.2, 0) is 17.8 Å². The lowest BCUT2D eigenvalue weighted by atomic mass is 10.0. The maximum Gasteiger partial charge on any atom is 0.0720 e. The van der Waals surface area contributed by atoms with E-state index >= 15 is 0 Å². The van der Waals surface area contributed by atoms with Gasteiger partial charge in [0.1, 0.15) is 0 Å². The molecule has 0 aliphatic carbocycles. The van der Waals surface area contributed by atoms with Gasteiger partial charge in [0, 0.05) is 9.50 Å². The predicted octanol–water partition coefficient (Wildman–Crippen LogP) is 3.18. The third kappa shape index (κ3) is 1.51. The molecule has 0 fully saturated rings. The van der Waals surface area contributed by atoms with Crippen LogP contribution in [0.3, 0.4) is 0 Å². The molecule has 3 heteroatoms. The fraction of sp³-hybridized carbons (Fsp3) is 0.333. The highest BCUT2D eigenvalue weighted by Crippen LogP contribution is 2.28. The molecule has 0 amide bonds. The summed E-state index contributed by atoms with van der Waals surface area (Å²) in [6.45, 7) is 1.50. The average molecular weight is 248 g/mol. The lowest BCUT2D eigenvalue weighted by Crippen LogP contribution is -2.10. The number of hydrogen-bond acceptors (Lipinski definition) is 1. The zero-order valence-electron chi connectivity index (χ0n) is 6.44. The molecular weight excluding hydrogens is 239 g/mol. The van der Waals surface area contributed by atoms with E-state index in [0.717, 1.165) is 22.5 Å². The molecule has 1 aliphatic heterocycles. The first-order valence-electron chi connectivity index (χ1n) is 3.82. The molecule has 0 spiro atoms. The van der Waals surface area contributed by atoms with Crippen LogP contribution in [0.4, 0.5) is 0 Å². The van der Waals surface area contributed by atoms with Crippen LogP contribution in [0.15, 0.2) is 16.6 Å². The largest absolute Gasteiger partial charge is 0.376 e. The molecule has 0 bridgehead atoms. The molecule has 0 atom stereocenters. The second kappa shape index (κ2) is 3.36. The molecular formula is C9H8BrClO. The third-order valence-electron chi connectivity index (χ3n) is 2.01. The van der Waals surface area contributed by atoms with Crippen molar-refractivity contribution >= 4 is 27.5 Å². The molecule has 1 aliphatic rings. The fourth-order valence-electron chi connectivity index (χ4n) is 1.42. The van der Waals surface area contributed by atoms with Gasteiger partial charge < -0.3 is 4.74 Å². The van der Waals surface area contributed by atoms with Crippen molar-refractivity contribution < 1.29 is 4.74 Å². The Morgan fingerprint density at radius 3 is 3.08 bits per heavy atom. The number of rotatable bonds is 0. The first-order chi connectivity index (χ1) is 5.77. The molecule has 0 radical (unpaired) electrons. The van der Waals surface area contributed by atoms with Crippen LogP contribution in [-0.4, -0.2) is 6.61 Å². The second-order valence-corrected chi connectivity index (χ2v) is 4.12. The van der Waals surface area contributed by atoms with Gasteiger partial charge >= 0.3 is 0 Å². The Morgan fingerprint density at radius 1 is 1.42 bits per heavy atom. The van der Waals surface area contributed by atoms with Gasteiger partial charge in [-0.2, -0.15) is 0 Å². The zero-order chi connectivity index (χ0) is 8.55. The minimum atomic E-state index is 0.689. The van der Waals surface area contributed by atoms with Crippen molar-refractivity contribution in [2.24, 2.45) is 0 Å². The Labute approximate surface area is 84.8 Å². The SMILES string of the molecule is Clc1cc(Br)c2c(c1)COCC2. The Balaban J connectivity index is 2.53. The Hall–Kier alpha value is -0.0500. The molecule has 0 N–H and O–H groups in total. The molecule has 64 valence electrons. The van der Waals surface area contributed by atoms with Crippen molar-refractivity contribution in [2.75, 3.05) is 6.61 Å². The molecule has 12 heavy (non-hydrogen) atoms. The van der Waals surface area contributed by atoms with Crippen molar-refractivity contribution in [1.82, 2.24) is 0 Å². The zero-order valence-corrected chi connectivity index (χ0v) is 8.78. The number of benzene rings is 1. The molecule has 1 aromatic rings. The van der Waals surface area contributed by atoms with Gasteiger partial charge in [-0.1, -0.05) is 27.5 Å². The summed E-state index contributed by atoms with van der Waals surface area (Å²) in [5, 5.41) is 0.770. The smallest absolute Gasteiger partial charge is 0.0720 e. The second-order valence-electron chi connectivity index (χ2n) is 2.83. The molecule has 0 saturated heterocycles. The lowest BCUT2D eigenvalue weighted by Gasteiger charge is -2.17. The highest BCUT2D eigenvalue weighted by Gasteiger charge is 2.12. The summed E-state index contributed by atoms with van der Waals surface area (Å²) in [5.74, 6) is 0. The molecule has 0 saturated carbocycles. The molecule has 0 aromatic heterocycles. The van der Waals surface area contributed by atoms with E-state index in [1.807, 2.05) is 12.1 Å². The summed E-state index contributed by atoms with van der Waals surface area (Å²) in [7, 11) is 0. The van der Waals surface area contributed by atoms with E-state index in [9.17, 15) is 0 Å². The predicted molar refractivity (Wildman–Crippen MR) is 52.5 cm³/mol. The van der Waals surface area contributed by atoms with Crippen LogP contribution in [0.25, 0.3) is 0 Å². The third-order valence-corrected chi connectivity index (χ3v) is 2.93. The van der Waals surface area contributed by atoms with Crippen LogP contribution in [0.2, 0.25) is 5.02 Å². The number of halogens is 2. The monoisotopic (exact) mass is 246 g/mol. The molecule has 1 heterocycles. The lowest BCUT2D eigenvalue weighted by molar-refractivity contribution is 0.110. The fourth-order valence-corrected chi connectivity index (χ4v) is 2.49. The highest BCUT2D eigenvalue weighted by molar-refractivity contribution is 9.10. The van der Waals surface area contributed by atoms with E-state index in [1.54, 1.807) is 0 Å². The van der Waals surface area contributed by atoms with Crippen LogP contribution < -0.4 is 0 Å². The van der Waals surface area contributed by atoms with Gasteiger partial charge in [0.15, 0.2) is 0 Å². The number of ether oxygens (including phenoxy) is 1. The van der Waals surface area contributed by atoms with Gasteiger partial charge in [-0.05, 0) is 29.7 Å². The summed E-state index contributed by atoms with van der Waals surface area (Å²) < 4.78 is 6.43. The molecule has 1 nitrogen and oxygen atoms in total. The van der Waals surface area contributed by atoms with Crippen molar-refractivity contribution in [1.29, 1.82) is 0 Å². The highest BCUT2D eigenvalue weighted by atomic mass is 79.9. The van der Waals surface area contributed by atoms with Crippen LogP contribution in [0, 0.1) is 0 Å². The Morgan fingerprint density at radius 2 is 2.25 bits per heavy atom. The summed E-state index contributed by atoms with van der Waals surface area (Å²) in [6, 6.07) is 3.91. The maximum absolute atomic E-state index is 5.90. The van der Waals surface area contributed by atoms with Gasteiger partial charge in [0.05, 0.1) is 13.2 Å². The Bertz CT molecular complexity index is 312. The first-order valence-corrected chi connectivity index (χ1v) is 4.99. The molecule has 2 rings (SSSR count). The normalized spacial score (nSPS) is 15.8. The van der Waals surface area contributed by atoms with E-state index < -0.39 is 0 Å². The Kier molecular flexibility index (Phi) is 2.40. The first kappa shape index (κ1) is 8.54. The van der Waals surface area contributed by atoms with Crippen molar-refractivity contribution in [3.8, 4) is 0 Å². The number of hydrogen-bond donors (Lipinski definition) is 0. The van der Waals surface area contributed by atoms with Crippen molar-refractivity contribution in [2.45, 2.75) is 13.0 Å². The van der Waals surface area contributed by atoms with Crippen LogP contribution in [0.1, 0.15) is 11.1 Å². The summed E-state index contributed by atoms with van der Waals surface area (Å²) in [5.41, 5.74) is 2.55. The molecule has 1 aromatic carbocycles. The van der Waals surface area contributed by atoms with E-state index in [0.29, 0.717) is 6.61 Å². The number of fused-ring (bicyclic) bond motifs is 1. The van der Waals surface area contributed by atoms with Gasteiger partial charge in [-0.3, -0.25) is 0 Å². The van der Waals surface area contributed by atoms with E-state index in [1.165, 1.54) is 11.1 Å². The topological polar surface area (TPSA) is 9.23 Å². The van der Waals surface area contributed by atoms with Gasteiger partial charge in [0.2, 0.25) is 0 Å². The maximum atomic E-state index is 5.90. The minimum absolute atomic E-state index is 0.689. The summed E-state index contributed by atoms with van der Waals surface area (Å²) in [4.78, 5) is 0. The van der Waals surface area contributed by atoms with Crippen molar-refractivity contribution in [3.63, 3.8) is 0 Å². The summed E-state index contributed by atoms with van der Waals surface area (Å²) in [6.07, 6.45) is 0.979.